The molecular weight excluding hydrogens is 260 g/mol. The number of nitrogens with zero attached hydrogens (tertiary/aromatic N) is 4. The van der Waals surface area contributed by atoms with E-state index >= 15 is 0 Å². The maximum absolute atomic E-state index is 8.77. The molecule has 0 saturated heterocycles. The van der Waals surface area contributed by atoms with Crippen LogP contribution in [0.2, 0.25) is 5.15 Å². The monoisotopic (exact) mass is 272 g/mol. The van der Waals surface area contributed by atoms with Crippen LogP contribution in [-0.2, 0) is 6.54 Å². The average Bonchev–Trinajstić information content (AvgIpc) is 2.94. The van der Waals surface area contributed by atoms with E-state index in [4.69, 9.17) is 16.9 Å². The van der Waals surface area contributed by atoms with Gasteiger partial charge in [0.1, 0.15) is 16.9 Å². The van der Waals surface area contributed by atoms with E-state index in [1.807, 2.05) is 23.0 Å². The molecule has 4 nitrogen and oxygen atoms in total. The Hall–Kier alpha value is -1.86. The van der Waals surface area contributed by atoms with E-state index < -0.39 is 0 Å². The van der Waals surface area contributed by atoms with Gasteiger partial charge in [0.25, 0.3) is 0 Å². The third-order valence-corrected chi connectivity index (χ3v) is 3.84. The van der Waals surface area contributed by atoms with Crippen LogP contribution in [0.25, 0.3) is 11.1 Å². The minimum absolute atomic E-state index is 0.326. The molecule has 0 N–H and O–H groups in total. The van der Waals surface area contributed by atoms with Crippen LogP contribution in [0.4, 0.5) is 0 Å². The summed E-state index contributed by atoms with van der Waals surface area (Å²) in [5.74, 6) is 0. The fraction of sp³-hybridized carbons (Fsp3) is 0.357. The van der Waals surface area contributed by atoms with Gasteiger partial charge in [-0.15, -0.1) is 0 Å². The van der Waals surface area contributed by atoms with E-state index in [-0.39, 0.29) is 0 Å². The highest BCUT2D eigenvalue weighted by Crippen LogP contribution is 2.46. The van der Waals surface area contributed by atoms with Gasteiger partial charge in [-0.3, -0.25) is 4.68 Å². The van der Waals surface area contributed by atoms with Crippen molar-refractivity contribution in [2.24, 2.45) is 5.41 Å². The highest BCUT2D eigenvalue weighted by atomic mass is 35.5. The second kappa shape index (κ2) is 4.36. The smallest absolute Gasteiger partial charge is 0.142 e. The van der Waals surface area contributed by atoms with Gasteiger partial charge in [0, 0.05) is 23.9 Å². The SMILES string of the molecule is CC1(Cn2cc(-c3ccc(C#N)nc3Cl)cn2)CC1. The van der Waals surface area contributed by atoms with Crippen molar-refractivity contribution in [2.75, 3.05) is 0 Å². The Morgan fingerprint density at radius 3 is 2.89 bits per heavy atom. The largest absolute Gasteiger partial charge is 0.272 e. The third-order valence-electron chi connectivity index (χ3n) is 3.55. The molecule has 0 bridgehead atoms. The lowest BCUT2D eigenvalue weighted by Crippen LogP contribution is -2.07. The molecule has 3 rings (SSSR count). The van der Waals surface area contributed by atoms with Gasteiger partial charge in [-0.1, -0.05) is 18.5 Å². The van der Waals surface area contributed by atoms with E-state index in [9.17, 15) is 0 Å². The van der Waals surface area contributed by atoms with Gasteiger partial charge in [-0.05, 0) is 30.4 Å². The minimum Gasteiger partial charge on any atom is -0.272 e. The van der Waals surface area contributed by atoms with Crippen molar-refractivity contribution in [1.29, 1.82) is 5.26 Å². The molecular formula is C14H13ClN4. The molecule has 0 radical (unpaired) electrons. The lowest BCUT2D eigenvalue weighted by atomic mass is 10.1. The normalized spacial score (nSPS) is 16.1. The summed E-state index contributed by atoms with van der Waals surface area (Å²) >= 11 is 6.10. The lowest BCUT2D eigenvalue weighted by Gasteiger charge is -2.07. The van der Waals surface area contributed by atoms with Crippen LogP contribution < -0.4 is 0 Å². The first kappa shape index (κ1) is 12.2. The summed E-state index contributed by atoms with van der Waals surface area (Å²) in [5.41, 5.74) is 2.49. The third kappa shape index (κ3) is 2.47. The maximum Gasteiger partial charge on any atom is 0.142 e. The van der Waals surface area contributed by atoms with Gasteiger partial charge in [0.05, 0.1) is 6.20 Å². The van der Waals surface area contributed by atoms with Crippen molar-refractivity contribution < 1.29 is 0 Å². The highest BCUT2D eigenvalue weighted by molar-refractivity contribution is 6.32. The molecule has 0 spiro atoms. The standard InChI is InChI=1S/C14H13ClN4/c1-14(4-5-14)9-19-8-10(7-17-19)12-3-2-11(6-16)18-13(12)15/h2-3,7-8H,4-5,9H2,1H3. The molecule has 1 saturated carbocycles. The number of rotatable bonds is 3. The summed E-state index contributed by atoms with van der Waals surface area (Å²) in [6, 6.07) is 5.46. The Morgan fingerprint density at radius 2 is 2.26 bits per heavy atom. The number of pyridine rings is 1. The van der Waals surface area contributed by atoms with Crippen LogP contribution in [0, 0.1) is 16.7 Å². The fourth-order valence-corrected chi connectivity index (χ4v) is 2.33. The molecule has 1 aliphatic rings. The van der Waals surface area contributed by atoms with Gasteiger partial charge < -0.3 is 0 Å². The second-order valence-electron chi connectivity index (χ2n) is 5.38. The fourth-order valence-electron chi connectivity index (χ4n) is 2.06. The average molecular weight is 273 g/mol. The van der Waals surface area contributed by atoms with Crippen LogP contribution in [0.3, 0.4) is 0 Å². The molecule has 0 aliphatic heterocycles. The Kier molecular flexibility index (Phi) is 2.79. The number of aromatic nitrogens is 3. The van der Waals surface area contributed by atoms with Gasteiger partial charge in [-0.25, -0.2) is 4.98 Å². The van der Waals surface area contributed by atoms with Gasteiger partial charge in [0.2, 0.25) is 0 Å². The Labute approximate surface area is 116 Å². The van der Waals surface area contributed by atoms with E-state index in [2.05, 4.69) is 17.0 Å². The van der Waals surface area contributed by atoms with Crippen LogP contribution in [0.5, 0.6) is 0 Å². The second-order valence-corrected chi connectivity index (χ2v) is 5.74. The number of hydrogen-bond acceptors (Lipinski definition) is 3. The summed E-state index contributed by atoms with van der Waals surface area (Å²) in [7, 11) is 0. The summed E-state index contributed by atoms with van der Waals surface area (Å²) < 4.78 is 1.96. The molecule has 96 valence electrons. The van der Waals surface area contributed by atoms with Gasteiger partial charge in [0.15, 0.2) is 0 Å². The molecule has 2 aromatic rings. The van der Waals surface area contributed by atoms with E-state index in [1.54, 1.807) is 12.3 Å². The first-order chi connectivity index (χ1) is 9.09. The molecule has 1 fully saturated rings. The Bertz CT molecular complexity index is 664. The Morgan fingerprint density at radius 1 is 1.47 bits per heavy atom. The zero-order chi connectivity index (χ0) is 13.5. The van der Waals surface area contributed by atoms with Crippen molar-refractivity contribution >= 4 is 11.6 Å². The first-order valence-corrected chi connectivity index (χ1v) is 6.57. The summed E-state index contributed by atoms with van der Waals surface area (Å²) in [6.45, 7) is 3.21. The lowest BCUT2D eigenvalue weighted by molar-refractivity contribution is 0.433. The molecule has 2 heterocycles. The number of nitriles is 1. The van der Waals surface area contributed by atoms with Crippen molar-refractivity contribution in [3.8, 4) is 17.2 Å². The Balaban J connectivity index is 1.88. The molecule has 2 aromatic heterocycles. The summed E-state index contributed by atoms with van der Waals surface area (Å²) in [6.07, 6.45) is 6.31. The van der Waals surface area contributed by atoms with E-state index in [1.165, 1.54) is 12.8 Å². The van der Waals surface area contributed by atoms with Crippen LogP contribution >= 0.6 is 11.6 Å². The zero-order valence-corrected chi connectivity index (χ0v) is 11.4. The van der Waals surface area contributed by atoms with E-state index in [0.29, 0.717) is 16.3 Å². The van der Waals surface area contributed by atoms with Crippen LogP contribution in [0.1, 0.15) is 25.5 Å². The molecule has 19 heavy (non-hydrogen) atoms. The van der Waals surface area contributed by atoms with Crippen LogP contribution in [-0.4, -0.2) is 14.8 Å². The zero-order valence-electron chi connectivity index (χ0n) is 10.6. The maximum atomic E-state index is 8.77. The molecule has 0 atom stereocenters. The molecule has 0 unspecified atom stereocenters. The molecule has 0 amide bonds. The quantitative estimate of drug-likeness (QED) is 0.806. The van der Waals surface area contributed by atoms with Gasteiger partial charge in [-0.2, -0.15) is 10.4 Å². The topological polar surface area (TPSA) is 54.5 Å². The highest BCUT2D eigenvalue weighted by Gasteiger charge is 2.37. The van der Waals surface area contributed by atoms with E-state index in [0.717, 1.165) is 17.7 Å². The molecule has 1 aliphatic carbocycles. The molecule has 5 heteroatoms. The van der Waals surface area contributed by atoms with Crippen LogP contribution in [0.15, 0.2) is 24.5 Å². The van der Waals surface area contributed by atoms with Crippen molar-refractivity contribution in [3.63, 3.8) is 0 Å². The van der Waals surface area contributed by atoms with Crippen molar-refractivity contribution in [3.05, 3.63) is 35.4 Å². The molecule has 0 aromatic carbocycles. The predicted octanol–water partition coefficient (Wildman–Crippen LogP) is 3.27. The first-order valence-electron chi connectivity index (χ1n) is 6.19. The number of hydrogen-bond donors (Lipinski definition) is 0. The number of halogens is 1. The van der Waals surface area contributed by atoms with Crippen molar-refractivity contribution in [1.82, 2.24) is 14.8 Å². The van der Waals surface area contributed by atoms with Crippen molar-refractivity contribution in [2.45, 2.75) is 26.3 Å². The van der Waals surface area contributed by atoms with Gasteiger partial charge >= 0.3 is 0 Å². The summed E-state index contributed by atoms with van der Waals surface area (Å²) in [4.78, 5) is 4.03. The minimum atomic E-state index is 0.326. The summed E-state index contributed by atoms with van der Waals surface area (Å²) in [5, 5.41) is 13.5. The predicted molar refractivity (Wildman–Crippen MR) is 72.5 cm³/mol.